The molecule has 0 saturated heterocycles. The van der Waals surface area contributed by atoms with E-state index in [0.29, 0.717) is 18.7 Å². The molecule has 0 bridgehead atoms. The van der Waals surface area contributed by atoms with Gasteiger partial charge in [0.15, 0.2) is 6.61 Å². The molecule has 0 aliphatic heterocycles. The van der Waals surface area contributed by atoms with Gasteiger partial charge < -0.3 is 9.26 Å². The molecule has 2 aromatic heterocycles. The van der Waals surface area contributed by atoms with E-state index < -0.39 is 0 Å². The Morgan fingerprint density at radius 2 is 2.26 bits per heavy atom. The molecule has 0 unspecified atom stereocenters. The Balaban J connectivity index is 1.52. The summed E-state index contributed by atoms with van der Waals surface area (Å²) in [6, 6.07) is 9.58. The Morgan fingerprint density at radius 3 is 3.04 bits per heavy atom. The smallest absolute Gasteiger partial charge is 0.306 e. The summed E-state index contributed by atoms with van der Waals surface area (Å²) >= 11 is 5.01. The van der Waals surface area contributed by atoms with Crippen molar-refractivity contribution < 1.29 is 14.1 Å². The predicted molar refractivity (Wildman–Crippen MR) is 89.9 cm³/mol. The van der Waals surface area contributed by atoms with Gasteiger partial charge in [-0.2, -0.15) is 16.3 Å². The number of nitrogens with zero attached hydrogens (tertiary/aromatic N) is 2. The summed E-state index contributed by atoms with van der Waals surface area (Å²) in [4.78, 5) is 15.9. The summed E-state index contributed by atoms with van der Waals surface area (Å²) in [6.45, 7) is -0.0104. The van der Waals surface area contributed by atoms with Gasteiger partial charge in [0.05, 0.1) is 0 Å². The predicted octanol–water partition coefficient (Wildman–Crippen LogP) is 4.24. The van der Waals surface area contributed by atoms with Crippen molar-refractivity contribution in [2.24, 2.45) is 0 Å². The second kappa shape index (κ2) is 7.52. The molecule has 118 valence electrons. The molecule has 0 spiro atoms. The number of hydrogen-bond acceptors (Lipinski definition) is 6. The van der Waals surface area contributed by atoms with Gasteiger partial charge in [0.25, 0.3) is 5.89 Å². The summed E-state index contributed by atoms with van der Waals surface area (Å²) in [6.07, 6.45) is 1.01. The average molecular weight is 393 g/mol. The van der Waals surface area contributed by atoms with Crippen LogP contribution >= 0.6 is 27.3 Å². The fourth-order valence-corrected chi connectivity index (χ4v) is 3.06. The molecule has 0 fully saturated rings. The van der Waals surface area contributed by atoms with Crippen LogP contribution in [0.1, 0.15) is 17.9 Å². The Morgan fingerprint density at radius 1 is 1.35 bits per heavy atom. The molecular formula is C16H13BrN2O3S. The number of benzene rings is 1. The minimum Gasteiger partial charge on any atom is -0.456 e. The lowest BCUT2D eigenvalue weighted by Gasteiger charge is -2.00. The van der Waals surface area contributed by atoms with Gasteiger partial charge >= 0.3 is 5.97 Å². The van der Waals surface area contributed by atoms with Crippen molar-refractivity contribution in [3.63, 3.8) is 0 Å². The summed E-state index contributed by atoms with van der Waals surface area (Å²) in [5.41, 5.74) is 1.97. The SMILES string of the molecule is O=C(CCc1ccsc1)OCc1nc(-c2cccc(Br)c2)no1. The van der Waals surface area contributed by atoms with Crippen LogP contribution in [-0.2, 0) is 22.6 Å². The minimum atomic E-state index is -0.279. The number of hydrogen-bond donors (Lipinski definition) is 0. The number of aryl methyl sites for hydroxylation is 1. The highest BCUT2D eigenvalue weighted by atomic mass is 79.9. The van der Waals surface area contributed by atoms with Crippen molar-refractivity contribution in [3.8, 4) is 11.4 Å². The molecule has 3 rings (SSSR count). The van der Waals surface area contributed by atoms with E-state index in [2.05, 4.69) is 26.1 Å². The van der Waals surface area contributed by atoms with Gasteiger partial charge in [-0.05, 0) is 40.9 Å². The summed E-state index contributed by atoms with van der Waals surface area (Å²) < 4.78 is 11.2. The number of thiophene rings is 1. The lowest BCUT2D eigenvalue weighted by atomic mass is 10.2. The van der Waals surface area contributed by atoms with Gasteiger partial charge in [-0.3, -0.25) is 4.79 Å². The first-order chi connectivity index (χ1) is 11.2. The fraction of sp³-hybridized carbons (Fsp3) is 0.188. The molecule has 3 aromatic rings. The Kier molecular flexibility index (Phi) is 5.19. The zero-order valence-electron chi connectivity index (χ0n) is 12.1. The zero-order chi connectivity index (χ0) is 16.1. The first-order valence-corrected chi connectivity index (χ1v) is 8.69. The molecule has 0 N–H and O–H groups in total. The average Bonchev–Trinajstić information content (AvgIpc) is 3.22. The first-order valence-electron chi connectivity index (χ1n) is 6.96. The molecule has 0 aliphatic carbocycles. The molecular weight excluding hydrogens is 380 g/mol. The van der Waals surface area contributed by atoms with E-state index >= 15 is 0 Å². The van der Waals surface area contributed by atoms with E-state index in [-0.39, 0.29) is 18.5 Å². The maximum absolute atomic E-state index is 11.7. The van der Waals surface area contributed by atoms with Crippen LogP contribution in [0.5, 0.6) is 0 Å². The Hall–Kier alpha value is -1.99. The Labute approximate surface area is 145 Å². The molecule has 23 heavy (non-hydrogen) atoms. The van der Waals surface area contributed by atoms with Crippen molar-refractivity contribution in [2.45, 2.75) is 19.4 Å². The van der Waals surface area contributed by atoms with Crippen LogP contribution in [0.2, 0.25) is 0 Å². The normalized spacial score (nSPS) is 10.7. The summed E-state index contributed by atoms with van der Waals surface area (Å²) in [5.74, 6) is 0.470. The van der Waals surface area contributed by atoms with Crippen molar-refractivity contribution in [1.82, 2.24) is 10.1 Å². The van der Waals surface area contributed by atoms with Crippen molar-refractivity contribution in [3.05, 3.63) is 57.0 Å². The van der Waals surface area contributed by atoms with Crippen LogP contribution in [0.25, 0.3) is 11.4 Å². The van der Waals surface area contributed by atoms with Crippen LogP contribution in [0.4, 0.5) is 0 Å². The third-order valence-electron chi connectivity index (χ3n) is 3.11. The monoisotopic (exact) mass is 392 g/mol. The van der Waals surface area contributed by atoms with Crippen molar-refractivity contribution in [1.29, 1.82) is 0 Å². The van der Waals surface area contributed by atoms with Gasteiger partial charge in [-0.1, -0.05) is 33.2 Å². The maximum Gasteiger partial charge on any atom is 0.306 e. The maximum atomic E-state index is 11.7. The van der Waals surface area contributed by atoms with E-state index in [1.807, 2.05) is 41.1 Å². The van der Waals surface area contributed by atoms with E-state index in [1.54, 1.807) is 11.3 Å². The number of ether oxygens (including phenoxy) is 1. The molecule has 0 saturated carbocycles. The molecule has 5 nitrogen and oxygen atoms in total. The molecule has 0 aliphatic rings. The van der Waals surface area contributed by atoms with Gasteiger partial charge in [-0.25, -0.2) is 0 Å². The molecule has 2 heterocycles. The lowest BCUT2D eigenvalue weighted by Crippen LogP contribution is -2.05. The number of rotatable bonds is 6. The number of carbonyl (C=O) groups excluding carboxylic acids is 1. The largest absolute Gasteiger partial charge is 0.456 e. The molecule has 0 atom stereocenters. The van der Waals surface area contributed by atoms with E-state index in [0.717, 1.165) is 15.6 Å². The minimum absolute atomic E-state index is 0.0104. The van der Waals surface area contributed by atoms with Crippen molar-refractivity contribution in [2.75, 3.05) is 0 Å². The highest BCUT2D eigenvalue weighted by Crippen LogP contribution is 2.20. The lowest BCUT2D eigenvalue weighted by molar-refractivity contribution is -0.145. The van der Waals surface area contributed by atoms with Gasteiger partial charge in [-0.15, -0.1) is 0 Å². The van der Waals surface area contributed by atoms with Crippen LogP contribution in [0.15, 0.2) is 50.1 Å². The number of carbonyl (C=O) groups is 1. The van der Waals surface area contributed by atoms with Crippen LogP contribution < -0.4 is 0 Å². The molecule has 0 amide bonds. The number of aromatic nitrogens is 2. The fourth-order valence-electron chi connectivity index (χ4n) is 1.95. The number of esters is 1. The number of halogens is 1. The van der Waals surface area contributed by atoms with Gasteiger partial charge in [0.1, 0.15) is 0 Å². The van der Waals surface area contributed by atoms with E-state index in [1.165, 1.54) is 0 Å². The molecule has 7 heteroatoms. The molecule has 0 radical (unpaired) electrons. The summed E-state index contributed by atoms with van der Waals surface area (Å²) in [7, 11) is 0. The Bertz CT molecular complexity index is 786. The van der Waals surface area contributed by atoms with E-state index in [9.17, 15) is 4.79 Å². The second-order valence-electron chi connectivity index (χ2n) is 4.81. The van der Waals surface area contributed by atoms with Crippen molar-refractivity contribution >= 4 is 33.2 Å². The van der Waals surface area contributed by atoms with Crippen LogP contribution in [0.3, 0.4) is 0 Å². The zero-order valence-corrected chi connectivity index (χ0v) is 14.5. The van der Waals surface area contributed by atoms with Gasteiger partial charge in [0.2, 0.25) is 5.82 Å². The quantitative estimate of drug-likeness (QED) is 0.587. The standard InChI is InChI=1S/C16H13BrN2O3S/c17-13-3-1-2-12(8-13)16-18-14(22-19-16)9-21-15(20)5-4-11-6-7-23-10-11/h1-3,6-8,10H,4-5,9H2. The third kappa shape index (κ3) is 4.49. The van der Waals surface area contributed by atoms with Crippen LogP contribution in [0, 0.1) is 0 Å². The molecule has 1 aromatic carbocycles. The van der Waals surface area contributed by atoms with Crippen LogP contribution in [-0.4, -0.2) is 16.1 Å². The highest BCUT2D eigenvalue weighted by Gasteiger charge is 2.11. The summed E-state index contributed by atoms with van der Waals surface area (Å²) in [5, 5.41) is 7.91. The van der Waals surface area contributed by atoms with Gasteiger partial charge in [0, 0.05) is 16.5 Å². The van der Waals surface area contributed by atoms with E-state index in [4.69, 9.17) is 9.26 Å². The second-order valence-corrected chi connectivity index (χ2v) is 6.51. The first kappa shape index (κ1) is 15.9. The topological polar surface area (TPSA) is 65.2 Å². The third-order valence-corrected chi connectivity index (χ3v) is 4.33. The highest BCUT2D eigenvalue weighted by molar-refractivity contribution is 9.10.